The predicted octanol–water partition coefficient (Wildman–Crippen LogP) is 2.66. The predicted molar refractivity (Wildman–Crippen MR) is 82.8 cm³/mol. The second-order valence-corrected chi connectivity index (χ2v) is 4.89. The van der Waals surface area contributed by atoms with E-state index in [9.17, 15) is 14.7 Å². The molecule has 2 N–H and O–H groups in total. The van der Waals surface area contributed by atoms with Crippen LogP contribution in [0.4, 0.5) is 5.69 Å². The first kappa shape index (κ1) is 15.7. The van der Waals surface area contributed by atoms with Gasteiger partial charge in [-0.05, 0) is 37.3 Å². The first-order chi connectivity index (χ1) is 10.5. The second kappa shape index (κ2) is 6.87. The van der Waals surface area contributed by atoms with Gasteiger partial charge in [0, 0.05) is 23.7 Å². The Morgan fingerprint density at radius 1 is 1.14 bits per heavy atom. The lowest BCUT2D eigenvalue weighted by Crippen LogP contribution is -2.13. The number of amides is 1. The first-order valence-electron chi connectivity index (χ1n) is 6.80. The Morgan fingerprint density at radius 3 is 2.41 bits per heavy atom. The maximum absolute atomic E-state index is 12.2. The van der Waals surface area contributed by atoms with Gasteiger partial charge >= 0.3 is 5.97 Å². The number of aliphatic hydroxyl groups is 1. The van der Waals surface area contributed by atoms with Crippen molar-refractivity contribution in [2.24, 2.45) is 0 Å². The molecule has 22 heavy (non-hydrogen) atoms. The Kier molecular flexibility index (Phi) is 4.91. The molecule has 0 atom stereocenters. The van der Waals surface area contributed by atoms with Gasteiger partial charge in [0.05, 0.1) is 6.61 Å². The molecule has 114 valence electrons. The second-order valence-electron chi connectivity index (χ2n) is 4.89. The van der Waals surface area contributed by atoms with Gasteiger partial charge in [-0.2, -0.15) is 0 Å². The van der Waals surface area contributed by atoms with Crippen molar-refractivity contribution in [1.82, 2.24) is 0 Å². The Hall–Kier alpha value is -2.66. The van der Waals surface area contributed by atoms with E-state index in [-0.39, 0.29) is 12.5 Å². The van der Waals surface area contributed by atoms with Gasteiger partial charge in [0.25, 0.3) is 5.91 Å². The van der Waals surface area contributed by atoms with E-state index in [1.807, 2.05) is 19.1 Å². The topological polar surface area (TPSA) is 75.6 Å². The number of anilines is 1. The summed E-state index contributed by atoms with van der Waals surface area (Å²) in [4.78, 5) is 23.0. The summed E-state index contributed by atoms with van der Waals surface area (Å²) in [6.07, 6.45) is 0. The fourth-order valence-corrected chi connectivity index (χ4v) is 2.01. The van der Waals surface area contributed by atoms with Gasteiger partial charge in [0.15, 0.2) is 0 Å². The van der Waals surface area contributed by atoms with Crippen molar-refractivity contribution in [2.45, 2.75) is 20.5 Å². The lowest BCUT2D eigenvalue weighted by molar-refractivity contribution is -0.131. The van der Waals surface area contributed by atoms with E-state index in [1.54, 1.807) is 30.3 Å². The third-order valence-electron chi connectivity index (χ3n) is 3.06. The molecule has 0 aliphatic heterocycles. The number of ether oxygens (including phenoxy) is 1. The molecule has 0 aliphatic carbocycles. The number of rotatable bonds is 4. The van der Waals surface area contributed by atoms with Gasteiger partial charge < -0.3 is 15.2 Å². The van der Waals surface area contributed by atoms with E-state index < -0.39 is 5.97 Å². The van der Waals surface area contributed by atoms with Gasteiger partial charge in [0.2, 0.25) is 0 Å². The zero-order valence-electron chi connectivity index (χ0n) is 12.4. The van der Waals surface area contributed by atoms with E-state index >= 15 is 0 Å². The minimum atomic E-state index is -0.413. The lowest BCUT2D eigenvalue weighted by atomic mass is 10.1. The van der Waals surface area contributed by atoms with E-state index in [4.69, 9.17) is 4.74 Å². The molecule has 2 rings (SSSR count). The van der Waals surface area contributed by atoms with Crippen LogP contribution in [0.1, 0.15) is 28.4 Å². The number of esters is 1. The maximum Gasteiger partial charge on any atom is 0.308 e. The van der Waals surface area contributed by atoms with E-state index in [2.05, 4.69) is 5.32 Å². The lowest BCUT2D eigenvalue weighted by Gasteiger charge is -2.10. The van der Waals surface area contributed by atoms with Gasteiger partial charge in [-0.1, -0.05) is 17.7 Å². The van der Waals surface area contributed by atoms with Crippen molar-refractivity contribution in [3.05, 3.63) is 59.2 Å². The molecule has 0 aromatic heterocycles. The number of nitrogens with one attached hydrogen (secondary N) is 1. The normalized spacial score (nSPS) is 10.1. The highest BCUT2D eigenvalue weighted by Gasteiger charge is 2.09. The molecule has 1 amide bonds. The number of benzene rings is 2. The monoisotopic (exact) mass is 299 g/mol. The summed E-state index contributed by atoms with van der Waals surface area (Å²) >= 11 is 0. The number of hydrogen-bond acceptors (Lipinski definition) is 4. The molecular formula is C17H17NO4. The number of hydrogen-bond donors (Lipinski definition) is 2. The number of carbonyl (C=O) groups excluding carboxylic acids is 2. The first-order valence-corrected chi connectivity index (χ1v) is 6.80. The Labute approximate surface area is 128 Å². The average molecular weight is 299 g/mol. The molecule has 0 unspecified atom stereocenters. The molecule has 2 aromatic rings. The van der Waals surface area contributed by atoms with Crippen molar-refractivity contribution in [3.8, 4) is 5.75 Å². The molecule has 0 spiro atoms. The molecule has 0 fully saturated rings. The van der Waals surface area contributed by atoms with Crippen LogP contribution in [0.3, 0.4) is 0 Å². The van der Waals surface area contributed by atoms with Crippen molar-refractivity contribution in [1.29, 1.82) is 0 Å². The molecule has 2 aromatic carbocycles. The van der Waals surface area contributed by atoms with Crippen LogP contribution in [0.2, 0.25) is 0 Å². The van der Waals surface area contributed by atoms with Gasteiger partial charge in [-0.3, -0.25) is 9.59 Å². The quantitative estimate of drug-likeness (QED) is 0.672. The molecule has 0 saturated heterocycles. The van der Waals surface area contributed by atoms with Crippen molar-refractivity contribution >= 4 is 17.6 Å². The summed E-state index contributed by atoms with van der Waals surface area (Å²) in [6.45, 7) is 3.08. The molecule has 5 nitrogen and oxygen atoms in total. The van der Waals surface area contributed by atoms with Crippen LogP contribution in [0.5, 0.6) is 5.75 Å². The fraction of sp³-hybridized carbons (Fsp3) is 0.176. The van der Waals surface area contributed by atoms with Crippen LogP contribution in [0.15, 0.2) is 42.5 Å². The van der Waals surface area contributed by atoms with Gasteiger partial charge in [0.1, 0.15) is 5.75 Å². The highest BCUT2D eigenvalue weighted by Crippen LogP contribution is 2.19. The summed E-state index contributed by atoms with van der Waals surface area (Å²) in [5.41, 5.74) is 2.67. The third kappa shape index (κ3) is 3.93. The minimum absolute atomic E-state index is 0.150. The maximum atomic E-state index is 12.2. The van der Waals surface area contributed by atoms with Crippen LogP contribution >= 0.6 is 0 Å². The number of aliphatic hydroxyl groups excluding tert-OH is 1. The van der Waals surface area contributed by atoms with Crippen LogP contribution < -0.4 is 10.1 Å². The Bertz CT molecular complexity index is 692. The van der Waals surface area contributed by atoms with Crippen LogP contribution in [0.25, 0.3) is 0 Å². The van der Waals surface area contributed by atoms with Crippen molar-refractivity contribution in [3.63, 3.8) is 0 Å². The summed E-state index contributed by atoms with van der Waals surface area (Å²) in [5, 5.41) is 12.1. The summed E-state index contributed by atoms with van der Waals surface area (Å²) in [6, 6.07) is 11.7. The fourth-order valence-electron chi connectivity index (χ4n) is 2.01. The standard InChI is InChI=1S/C17H17NO4/c1-11-3-8-16(14(9-11)10-19)18-17(21)13-4-6-15(7-5-13)22-12(2)20/h3-9,19H,10H2,1-2H3,(H,18,21). The third-order valence-corrected chi connectivity index (χ3v) is 3.06. The number of aryl methyl sites for hydroxylation is 1. The van der Waals surface area contributed by atoms with E-state index in [0.717, 1.165) is 5.56 Å². The average Bonchev–Trinajstić information content (AvgIpc) is 2.49. The molecular weight excluding hydrogens is 282 g/mol. The van der Waals surface area contributed by atoms with Crippen molar-refractivity contribution < 1.29 is 19.4 Å². The zero-order chi connectivity index (χ0) is 16.1. The molecule has 0 heterocycles. The van der Waals surface area contributed by atoms with E-state index in [1.165, 1.54) is 6.92 Å². The van der Waals surface area contributed by atoms with Crippen molar-refractivity contribution in [2.75, 3.05) is 5.32 Å². The molecule has 0 radical (unpaired) electrons. The molecule has 0 saturated carbocycles. The SMILES string of the molecule is CC(=O)Oc1ccc(C(=O)Nc2ccc(C)cc2CO)cc1. The van der Waals surface area contributed by atoms with Gasteiger partial charge in [-0.25, -0.2) is 0 Å². The highest BCUT2D eigenvalue weighted by atomic mass is 16.5. The smallest absolute Gasteiger partial charge is 0.308 e. The van der Waals surface area contributed by atoms with E-state index in [0.29, 0.717) is 22.6 Å². The summed E-state index contributed by atoms with van der Waals surface area (Å²) in [5.74, 6) is -0.326. The Balaban J connectivity index is 2.14. The molecule has 5 heteroatoms. The largest absolute Gasteiger partial charge is 0.427 e. The Morgan fingerprint density at radius 2 is 1.82 bits per heavy atom. The minimum Gasteiger partial charge on any atom is -0.427 e. The summed E-state index contributed by atoms with van der Waals surface area (Å²) < 4.78 is 4.91. The van der Waals surface area contributed by atoms with Gasteiger partial charge in [-0.15, -0.1) is 0 Å². The molecule has 0 aliphatic rings. The van der Waals surface area contributed by atoms with Crippen LogP contribution in [0, 0.1) is 6.92 Å². The number of carbonyl (C=O) groups is 2. The zero-order valence-corrected chi connectivity index (χ0v) is 12.4. The van der Waals surface area contributed by atoms with Crippen LogP contribution in [-0.4, -0.2) is 17.0 Å². The highest BCUT2D eigenvalue weighted by molar-refractivity contribution is 6.04. The molecule has 0 bridgehead atoms. The van der Waals surface area contributed by atoms with Crippen LogP contribution in [-0.2, 0) is 11.4 Å². The summed E-state index contributed by atoms with van der Waals surface area (Å²) in [7, 11) is 0.